The van der Waals surface area contributed by atoms with E-state index in [1.54, 1.807) is 0 Å². The molecule has 0 unspecified atom stereocenters. The van der Waals surface area contributed by atoms with E-state index in [9.17, 15) is 4.79 Å². The Balaban J connectivity index is 2.00. The van der Waals surface area contributed by atoms with Crippen LogP contribution in [0.1, 0.15) is 24.3 Å². The van der Waals surface area contributed by atoms with Gasteiger partial charge in [0.25, 0.3) is 0 Å². The molecule has 0 saturated carbocycles. The minimum Gasteiger partial charge on any atom is -0.408 e. The smallest absolute Gasteiger partial charge is 0.408 e. The minimum absolute atomic E-state index is 0.377. The molecule has 1 aromatic heterocycles. The highest BCUT2D eigenvalue weighted by atomic mass is 16.4. The molecular weight excluding hydrogens is 204 g/mol. The highest BCUT2D eigenvalue weighted by Crippen LogP contribution is 2.26. The van der Waals surface area contributed by atoms with Crippen molar-refractivity contribution in [2.75, 3.05) is 13.1 Å². The number of oxazole rings is 1. The highest BCUT2D eigenvalue weighted by Gasteiger charge is 2.15. The van der Waals surface area contributed by atoms with Gasteiger partial charge in [-0.15, -0.1) is 0 Å². The van der Waals surface area contributed by atoms with Crippen molar-refractivity contribution >= 4 is 11.1 Å². The van der Waals surface area contributed by atoms with E-state index < -0.39 is 0 Å². The second kappa shape index (κ2) is 3.79. The standard InChI is InChI=1S/C12H14N2O2/c15-12-14-10-7-9(1-2-11(10)16-12)8-3-5-13-6-4-8/h1-2,7-8,13H,3-6H2,(H,14,15). The van der Waals surface area contributed by atoms with Gasteiger partial charge in [-0.05, 0) is 49.5 Å². The average Bonchev–Trinajstić information content (AvgIpc) is 2.69. The lowest BCUT2D eigenvalue weighted by molar-refractivity contribution is 0.460. The molecule has 3 rings (SSSR count). The number of fused-ring (bicyclic) bond motifs is 1. The van der Waals surface area contributed by atoms with Gasteiger partial charge in [0.15, 0.2) is 5.58 Å². The first-order valence-corrected chi connectivity index (χ1v) is 5.66. The maximum atomic E-state index is 11.0. The van der Waals surface area contributed by atoms with E-state index in [1.165, 1.54) is 5.56 Å². The van der Waals surface area contributed by atoms with Gasteiger partial charge >= 0.3 is 5.76 Å². The number of benzene rings is 1. The Hall–Kier alpha value is -1.55. The van der Waals surface area contributed by atoms with E-state index in [0.717, 1.165) is 31.4 Å². The largest absolute Gasteiger partial charge is 0.417 e. The molecule has 1 aliphatic rings. The van der Waals surface area contributed by atoms with Gasteiger partial charge in [0.1, 0.15) is 0 Å². The van der Waals surface area contributed by atoms with Crippen LogP contribution < -0.4 is 11.1 Å². The van der Waals surface area contributed by atoms with E-state index in [4.69, 9.17) is 4.42 Å². The fourth-order valence-electron chi connectivity index (χ4n) is 2.38. The molecule has 0 radical (unpaired) electrons. The van der Waals surface area contributed by atoms with Crippen LogP contribution in [0.3, 0.4) is 0 Å². The van der Waals surface area contributed by atoms with Crippen LogP contribution in [-0.4, -0.2) is 18.1 Å². The van der Waals surface area contributed by atoms with Gasteiger partial charge in [-0.1, -0.05) is 6.07 Å². The maximum absolute atomic E-state index is 11.0. The predicted molar refractivity (Wildman–Crippen MR) is 61.7 cm³/mol. The van der Waals surface area contributed by atoms with Gasteiger partial charge in [0, 0.05) is 0 Å². The van der Waals surface area contributed by atoms with Crippen molar-refractivity contribution in [3.8, 4) is 0 Å². The first-order chi connectivity index (χ1) is 7.83. The van der Waals surface area contributed by atoms with Gasteiger partial charge in [-0.3, -0.25) is 4.98 Å². The molecule has 1 saturated heterocycles. The number of H-pyrrole nitrogens is 1. The topological polar surface area (TPSA) is 58.0 Å². The summed E-state index contributed by atoms with van der Waals surface area (Å²) in [6, 6.07) is 5.98. The minimum atomic E-state index is -0.377. The van der Waals surface area contributed by atoms with Crippen molar-refractivity contribution in [1.82, 2.24) is 10.3 Å². The molecular formula is C12H14N2O2. The molecule has 4 heteroatoms. The maximum Gasteiger partial charge on any atom is 0.417 e. The van der Waals surface area contributed by atoms with E-state index in [2.05, 4.69) is 16.4 Å². The van der Waals surface area contributed by atoms with Crippen LogP contribution in [0.2, 0.25) is 0 Å². The summed E-state index contributed by atoms with van der Waals surface area (Å²) in [6.07, 6.45) is 2.32. The molecule has 2 aromatic rings. The van der Waals surface area contributed by atoms with E-state index in [-0.39, 0.29) is 5.76 Å². The fourth-order valence-corrected chi connectivity index (χ4v) is 2.38. The number of piperidine rings is 1. The van der Waals surface area contributed by atoms with Crippen molar-refractivity contribution in [3.05, 3.63) is 34.3 Å². The Labute approximate surface area is 92.7 Å². The number of nitrogens with one attached hydrogen (secondary N) is 2. The molecule has 2 heterocycles. The molecule has 16 heavy (non-hydrogen) atoms. The zero-order chi connectivity index (χ0) is 11.0. The third-order valence-electron chi connectivity index (χ3n) is 3.25. The van der Waals surface area contributed by atoms with Gasteiger partial charge in [-0.25, -0.2) is 4.79 Å². The number of aromatic nitrogens is 1. The molecule has 0 aliphatic carbocycles. The van der Waals surface area contributed by atoms with Gasteiger partial charge in [0.2, 0.25) is 0 Å². The molecule has 0 amide bonds. The molecule has 0 spiro atoms. The van der Waals surface area contributed by atoms with Crippen LogP contribution >= 0.6 is 0 Å². The zero-order valence-electron chi connectivity index (χ0n) is 8.95. The number of hydrogen-bond acceptors (Lipinski definition) is 3. The first-order valence-electron chi connectivity index (χ1n) is 5.66. The van der Waals surface area contributed by atoms with Crippen molar-refractivity contribution < 1.29 is 4.42 Å². The van der Waals surface area contributed by atoms with Crippen molar-refractivity contribution in [2.45, 2.75) is 18.8 Å². The summed E-state index contributed by atoms with van der Waals surface area (Å²) in [7, 11) is 0. The summed E-state index contributed by atoms with van der Waals surface area (Å²) >= 11 is 0. The quantitative estimate of drug-likeness (QED) is 0.764. The van der Waals surface area contributed by atoms with Crippen LogP contribution in [0.25, 0.3) is 11.1 Å². The van der Waals surface area contributed by atoms with Crippen molar-refractivity contribution in [3.63, 3.8) is 0 Å². The van der Waals surface area contributed by atoms with Gasteiger partial charge < -0.3 is 9.73 Å². The molecule has 0 atom stereocenters. The summed E-state index contributed by atoms with van der Waals surface area (Å²) in [6.45, 7) is 2.15. The van der Waals surface area contributed by atoms with Crippen LogP contribution in [0.4, 0.5) is 0 Å². The average molecular weight is 218 g/mol. The number of rotatable bonds is 1. The number of hydrogen-bond donors (Lipinski definition) is 2. The third kappa shape index (κ3) is 1.65. The van der Waals surface area contributed by atoms with Gasteiger partial charge in [0.05, 0.1) is 5.52 Å². The second-order valence-electron chi connectivity index (χ2n) is 4.29. The third-order valence-corrected chi connectivity index (χ3v) is 3.25. The Morgan fingerprint density at radius 2 is 2.06 bits per heavy atom. The lowest BCUT2D eigenvalue weighted by Crippen LogP contribution is -2.26. The normalized spacial score (nSPS) is 18.0. The predicted octanol–water partition coefficient (Wildman–Crippen LogP) is 1.59. The Bertz CT molecular complexity index is 549. The summed E-state index contributed by atoms with van der Waals surface area (Å²) in [4.78, 5) is 13.7. The van der Waals surface area contributed by atoms with Gasteiger partial charge in [-0.2, -0.15) is 0 Å². The Kier molecular flexibility index (Phi) is 2.29. The monoisotopic (exact) mass is 218 g/mol. The highest BCUT2D eigenvalue weighted by molar-refractivity contribution is 5.72. The summed E-state index contributed by atoms with van der Waals surface area (Å²) in [5.41, 5.74) is 2.75. The molecule has 2 N–H and O–H groups in total. The summed E-state index contributed by atoms with van der Waals surface area (Å²) < 4.78 is 4.99. The fraction of sp³-hybridized carbons (Fsp3) is 0.417. The Morgan fingerprint density at radius 3 is 2.88 bits per heavy atom. The SMILES string of the molecule is O=c1[nH]c2cc(C3CCNCC3)ccc2o1. The second-order valence-corrected chi connectivity index (χ2v) is 4.29. The molecule has 84 valence electrons. The Morgan fingerprint density at radius 1 is 1.25 bits per heavy atom. The summed E-state index contributed by atoms with van der Waals surface area (Å²) in [5, 5.41) is 3.35. The van der Waals surface area contributed by atoms with Crippen molar-refractivity contribution in [1.29, 1.82) is 0 Å². The molecule has 1 aliphatic heterocycles. The van der Waals surface area contributed by atoms with Crippen LogP contribution in [-0.2, 0) is 0 Å². The lowest BCUT2D eigenvalue weighted by atomic mass is 9.90. The van der Waals surface area contributed by atoms with Crippen molar-refractivity contribution in [2.24, 2.45) is 0 Å². The van der Waals surface area contributed by atoms with Crippen LogP contribution in [0.15, 0.2) is 27.4 Å². The molecule has 1 fully saturated rings. The van der Waals surface area contributed by atoms with E-state index in [0.29, 0.717) is 11.5 Å². The molecule has 1 aromatic carbocycles. The molecule has 4 nitrogen and oxygen atoms in total. The van der Waals surface area contributed by atoms with E-state index >= 15 is 0 Å². The van der Waals surface area contributed by atoms with E-state index in [1.807, 2.05) is 12.1 Å². The first kappa shape index (κ1) is 9.66. The summed E-state index contributed by atoms with van der Waals surface area (Å²) in [5.74, 6) is 0.224. The zero-order valence-corrected chi connectivity index (χ0v) is 8.95. The molecule has 0 bridgehead atoms. The lowest BCUT2D eigenvalue weighted by Gasteiger charge is -2.22. The number of aromatic amines is 1. The van der Waals surface area contributed by atoms with Crippen LogP contribution in [0.5, 0.6) is 0 Å². The van der Waals surface area contributed by atoms with Crippen LogP contribution in [0, 0.1) is 0 Å².